The van der Waals surface area contributed by atoms with Crippen molar-refractivity contribution in [2.75, 3.05) is 40.8 Å². The molecule has 2 rings (SSSR count). The number of aryl methyl sites for hydroxylation is 2. The van der Waals surface area contributed by atoms with Crippen LogP contribution in [0, 0.1) is 13.8 Å². The van der Waals surface area contributed by atoms with E-state index in [-0.39, 0.29) is 6.04 Å². The van der Waals surface area contributed by atoms with E-state index in [9.17, 15) is 0 Å². The van der Waals surface area contributed by atoms with E-state index in [0.717, 1.165) is 36.9 Å². The van der Waals surface area contributed by atoms with E-state index >= 15 is 0 Å². The van der Waals surface area contributed by atoms with Crippen LogP contribution in [0.2, 0.25) is 0 Å². The first-order valence-corrected chi connectivity index (χ1v) is 10.5. The topological polar surface area (TPSA) is 61.8 Å². The number of hydrogen-bond acceptors (Lipinski definition) is 5. The normalized spacial score (nSPS) is 12.9. The molecule has 0 bridgehead atoms. The maximum Gasteiger partial charge on any atom is 0.191 e. The van der Waals surface area contributed by atoms with Crippen LogP contribution in [0.25, 0.3) is 0 Å². The predicted octanol–water partition coefficient (Wildman–Crippen LogP) is 3.17. The molecule has 0 saturated heterocycles. The summed E-state index contributed by atoms with van der Waals surface area (Å²) in [5.41, 5.74) is 2.32. The Kier molecular flexibility index (Phi) is 8.73. The molecule has 0 aliphatic carbocycles. The molecule has 6 nitrogen and oxygen atoms in total. The highest BCUT2D eigenvalue weighted by Gasteiger charge is 2.15. The molecule has 0 aliphatic rings. The van der Waals surface area contributed by atoms with Crippen molar-refractivity contribution in [3.8, 4) is 5.75 Å². The highest BCUT2D eigenvalue weighted by Crippen LogP contribution is 2.23. The number of aromatic nitrogens is 1. The number of nitrogens with zero attached hydrogens (tertiary/aromatic N) is 3. The second kappa shape index (κ2) is 11.0. The summed E-state index contributed by atoms with van der Waals surface area (Å²) in [6.45, 7) is 8.56. The number of rotatable bonds is 9. The van der Waals surface area contributed by atoms with E-state index < -0.39 is 0 Å². The molecule has 0 radical (unpaired) electrons. The van der Waals surface area contributed by atoms with Gasteiger partial charge in [-0.1, -0.05) is 12.1 Å². The van der Waals surface area contributed by atoms with Gasteiger partial charge in [0.1, 0.15) is 5.75 Å². The Bertz CT molecular complexity index is 752. The SMILES string of the molecule is CCNC(=NCC(c1cccc(OC)c1)N(C)C)NCCc1nc(C)c(C)s1. The fourth-order valence-corrected chi connectivity index (χ4v) is 3.80. The molecule has 7 heteroatoms. The fraction of sp³-hybridized carbons (Fsp3) is 0.524. The fourth-order valence-electron chi connectivity index (χ4n) is 2.87. The molecule has 1 unspecified atom stereocenters. The number of benzene rings is 1. The van der Waals surface area contributed by atoms with E-state index in [1.807, 2.05) is 12.1 Å². The van der Waals surface area contributed by atoms with Crippen molar-refractivity contribution in [1.29, 1.82) is 0 Å². The van der Waals surface area contributed by atoms with Crippen LogP contribution in [-0.4, -0.2) is 56.7 Å². The lowest BCUT2D eigenvalue weighted by Crippen LogP contribution is -2.39. The predicted molar refractivity (Wildman–Crippen MR) is 119 cm³/mol. The Labute approximate surface area is 173 Å². The zero-order chi connectivity index (χ0) is 20.5. The highest BCUT2D eigenvalue weighted by atomic mass is 32.1. The Balaban J connectivity index is 2.01. The molecule has 28 heavy (non-hydrogen) atoms. The average Bonchev–Trinajstić information content (AvgIpc) is 2.99. The van der Waals surface area contributed by atoms with Gasteiger partial charge in [-0.15, -0.1) is 11.3 Å². The minimum absolute atomic E-state index is 0.176. The van der Waals surface area contributed by atoms with E-state index in [0.29, 0.717) is 6.54 Å². The van der Waals surface area contributed by atoms with Gasteiger partial charge in [0.15, 0.2) is 5.96 Å². The first kappa shape index (κ1) is 22.2. The summed E-state index contributed by atoms with van der Waals surface area (Å²) in [4.78, 5) is 12.9. The van der Waals surface area contributed by atoms with Crippen molar-refractivity contribution >= 4 is 17.3 Å². The van der Waals surface area contributed by atoms with Crippen LogP contribution < -0.4 is 15.4 Å². The van der Waals surface area contributed by atoms with Crippen molar-refractivity contribution in [2.45, 2.75) is 33.2 Å². The summed E-state index contributed by atoms with van der Waals surface area (Å²) in [6, 6.07) is 8.36. The third kappa shape index (κ3) is 6.49. The largest absolute Gasteiger partial charge is 0.497 e. The molecule has 0 fully saturated rings. The summed E-state index contributed by atoms with van der Waals surface area (Å²) >= 11 is 1.77. The molecule has 154 valence electrons. The van der Waals surface area contributed by atoms with Gasteiger partial charge in [-0.3, -0.25) is 4.99 Å². The zero-order valence-electron chi connectivity index (χ0n) is 17.9. The molecule has 0 spiro atoms. The van der Waals surface area contributed by atoms with Crippen LogP contribution in [-0.2, 0) is 6.42 Å². The molecule has 1 aromatic carbocycles. The molecule has 2 aromatic rings. The Morgan fingerprint density at radius 2 is 2.07 bits per heavy atom. The van der Waals surface area contributed by atoms with Crippen LogP contribution in [0.4, 0.5) is 0 Å². The van der Waals surface area contributed by atoms with Gasteiger partial charge in [0, 0.05) is 24.4 Å². The van der Waals surface area contributed by atoms with Crippen molar-refractivity contribution in [3.05, 3.63) is 45.4 Å². The van der Waals surface area contributed by atoms with Crippen LogP contribution in [0.3, 0.4) is 0 Å². The minimum atomic E-state index is 0.176. The Morgan fingerprint density at radius 1 is 1.29 bits per heavy atom. The first-order chi connectivity index (χ1) is 13.4. The maximum absolute atomic E-state index is 5.37. The number of thiazole rings is 1. The smallest absolute Gasteiger partial charge is 0.191 e. The number of nitrogens with one attached hydrogen (secondary N) is 2. The summed E-state index contributed by atoms with van der Waals surface area (Å²) in [5.74, 6) is 1.70. The number of hydrogen-bond donors (Lipinski definition) is 2. The Morgan fingerprint density at radius 3 is 2.68 bits per heavy atom. The van der Waals surface area contributed by atoms with Gasteiger partial charge in [0.25, 0.3) is 0 Å². The highest BCUT2D eigenvalue weighted by molar-refractivity contribution is 7.11. The molecule has 0 amide bonds. The van der Waals surface area contributed by atoms with Crippen LogP contribution in [0.1, 0.15) is 34.1 Å². The quantitative estimate of drug-likeness (QED) is 0.497. The van der Waals surface area contributed by atoms with Gasteiger partial charge in [0.05, 0.1) is 30.4 Å². The lowest BCUT2D eigenvalue weighted by Gasteiger charge is -2.24. The van der Waals surface area contributed by atoms with Crippen molar-refractivity contribution < 1.29 is 4.74 Å². The number of ether oxygens (including phenoxy) is 1. The van der Waals surface area contributed by atoms with Crippen LogP contribution in [0.15, 0.2) is 29.3 Å². The first-order valence-electron chi connectivity index (χ1n) is 9.70. The standard InChI is InChI=1S/C21H33N5OS/c1-7-22-21(23-12-11-20-25-15(2)16(3)28-20)24-14-19(26(4)5)17-9-8-10-18(13-17)27-6/h8-10,13,19H,7,11-12,14H2,1-6H3,(H2,22,23,24). The lowest BCUT2D eigenvalue weighted by atomic mass is 10.1. The van der Waals surface area contributed by atoms with Gasteiger partial charge in [0.2, 0.25) is 0 Å². The third-order valence-corrected chi connectivity index (χ3v) is 5.71. The third-order valence-electron chi connectivity index (χ3n) is 4.57. The average molecular weight is 404 g/mol. The lowest BCUT2D eigenvalue weighted by molar-refractivity contribution is 0.305. The molecular formula is C21H33N5OS. The van der Waals surface area contributed by atoms with Crippen LogP contribution in [0.5, 0.6) is 5.75 Å². The monoisotopic (exact) mass is 403 g/mol. The van der Waals surface area contributed by atoms with E-state index in [1.165, 1.54) is 15.4 Å². The summed E-state index contributed by atoms with van der Waals surface area (Å²) in [5, 5.41) is 7.93. The number of guanidine groups is 1. The number of methoxy groups -OCH3 is 1. The maximum atomic E-state index is 5.37. The molecule has 1 aromatic heterocycles. The van der Waals surface area contributed by atoms with Crippen molar-refractivity contribution in [3.63, 3.8) is 0 Å². The molecule has 1 atom stereocenters. The molecule has 2 N–H and O–H groups in total. The number of aliphatic imine (C=N–C) groups is 1. The summed E-state index contributed by atoms with van der Waals surface area (Å²) in [6.07, 6.45) is 0.900. The van der Waals surface area contributed by atoms with Crippen molar-refractivity contribution in [2.24, 2.45) is 4.99 Å². The van der Waals surface area contributed by atoms with Crippen molar-refractivity contribution in [1.82, 2.24) is 20.5 Å². The second-order valence-corrected chi connectivity index (χ2v) is 8.19. The van der Waals surface area contributed by atoms with Gasteiger partial charge >= 0.3 is 0 Å². The van der Waals surface area contributed by atoms with E-state index in [1.54, 1.807) is 18.4 Å². The van der Waals surface area contributed by atoms with Gasteiger partial charge < -0.3 is 20.3 Å². The van der Waals surface area contributed by atoms with E-state index in [4.69, 9.17) is 9.73 Å². The summed E-state index contributed by atoms with van der Waals surface area (Å²) in [7, 11) is 5.85. The van der Waals surface area contributed by atoms with Gasteiger partial charge in [-0.25, -0.2) is 4.98 Å². The Hall–Kier alpha value is -2.12. The number of likely N-dealkylation sites (N-methyl/N-ethyl adjacent to an activating group) is 1. The minimum Gasteiger partial charge on any atom is -0.497 e. The summed E-state index contributed by atoms with van der Waals surface area (Å²) < 4.78 is 5.37. The zero-order valence-corrected chi connectivity index (χ0v) is 18.7. The molecule has 1 heterocycles. The molecular weight excluding hydrogens is 370 g/mol. The molecule has 0 aliphatic heterocycles. The molecule has 0 saturated carbocycles. The van der Waals surface area contributed by atoms with Gasteiger partial charge in [-0.2, -0.15) is 0 Å². The van der Waals surface area contributed by atoms with Gasteiger partial charge in [-0.05, 0) is 52.6 Å². The second-order valence-electron chi connectivity index (χ2n) is 6.90. The van der Waals surface area contributed by atoms with Crippen LogP contribution >= 0.6 is 11.3 Å². The van der Waals surface area contributed by atoms with E-state index in [2.05, 4.69) is 67.5 Å².